The molecule has 13 nitrogen and oxygen atoms in total. The van der Waals surface area contributed by atoms with Crippen molar-refractivity contribution in [3.8, 4) is 18.1 Å². The Balaban J connectivity index is 1.38. The maximum absolute atomic E-state index is 14.6. The molecule has 1 amide bonds. The molecule has 0 bridgehead atoms. The van der Waals surface area contributed by atoms with Crippen LogP contribution in [0, 0.1) is 32.3 Å². The van der Waals surface area contributed by atoms with Crippen LogP contribution in [0.5, 0.6) is 5.75 Å². The number of fused-ring (bicyclic) bond motifs is 1. The second-order valence-electron chi connectivity index (χ2n) is 12.5. The lowest BCUT2D eigenvalue weighted by Crippen LogP contribution is -2.41. The molecule has 4 atom stereocenters. The van der Waals surface area contributed by atoms with E-state index in [0.29, 0.717) is 11.3 Å². The van der Waals surface area contributed by atoms with E-state index in [0.717, 1.165) is 11.1 Å². The van der Waals surface area contributed by atoms with Gasteiger partial charge in [0.15, 0.2) is 28.7 Å². The first-order valence-electron chi connectivity index (χ1n) is 15.2. The Bertz CT molecular complexity index is 1810. The van der Waals surface area contributed by atoms with E-state index >= 15 is 0 Å². The van der Waals surface area contributed by atoms with Crippen LogP contribution >= 0.6 is 0 Å². The Labute approximate surface area is 270 Å². The number of nitrogens with zero attached hydrogens (tertiary/aromatic N) is 4. The van der Waals surface area contributed by atoms with E-state index in [1.165, 1.54) is 17.8 Å². The zero-order chi connectivity index (χ0) is 34.3. The number of hydrogen-bond donors (Lipinski definition) is 1. The molecule has 4 heterocycles. The van der Waals surface area contributed by atoms with Crippen LogP contribution in [0.1, 0.15) is 82.7 Å². The van der Waals surface area contributed by atoms with Crippen molar-refractivity contribution in [1.82, 2.24) is 19.5 Å². The molecule has 3 aromatic rings. The lowest BCUT2D eigenvalue weighted by Gasteiger charge is -2.31. The summed E-state index contributed by atoms with van der Waals surface area (Å²) in [5.41, 5.74) is 0.419. The number of rotatable bonds is 9. The molecule has 2 fully saturated rings. The van der Waals surface area contributed by atoms with Crippen LogP contribution in [0.25, 0.3) is 11.2 Å². The zero-order valence-corrected chi connectivity index (χ0v) is 27.0. The molecule has 47 heavy (non-hydrogen) atoms. The number of ether oxygens (including phenoxy) is 4. The number of imidazole rings is 1. The average molecular weight is 650 g/mol. The smallest absolute Gasteiger partial charge is 0.312 e. The monoisotopic (exact) mass is 649 g/mol. The molecule has 0 radical (unpaired) electrons. The van der Waals surface area contributed by atoms with E-state index in [2.05, 4.69) is 26.2 Å². The minimum atomic E-state index is -1.32. The molecule has 5 rings (SSSR count). The topological polar surface area (TPSA) is 161 Å². The molecule has 0 spiro atoms. The second-order valence-corrected chi connectivity index (χ2v) is 12.5. The van der Waals surface area contributed by atoms with Crippen LogP contribution in [0.4, 0.5) is 10.2 Å². The highest BCUT2D eigenvalue weighted by atomic mass is 19.1. The number of hydrogen-bond acceptors (Lipinski definition) is 11. The standard InChI is InChI=1S/C33H36FN5O8/c1-8-33(9-2)22(46-25(42)15-32(6,7)26-18(4)12-17(3)13-21(26)44-19(5)40)14-23(47-33)39-16-35-27-28(37-31(34)38-29(27)39)36-30(43)20-10-11-24(41)45-20/h1,12-13,16,20,22-23H,9-11,14-15H2,2-7H3,(H,36,37,38,43)/t20-,22+,23-,33-/m1/s1. The summed E-state index contributed by atoms with van der Waals surface area (Å²) < 4.78 is 38.9. The van der Waals surface area contributed by atoms with Gasteiger partial charge in [0.2, 0.25) is 0 Å². The van der Waals surface area contributed by atoms with Gasteiger partial charge in [0, 0.05) is 37.2 Å². The van der Waals surface area contributed by atoms with Crippen LogP contribution in [0.2, 0.25) is 0 Å². The molecule has 2 aliphatic heterocycles. The van der Waals surface area contributed by atoms with Gasteiger partial charge in [0.25, 0.3) is 5.91 Å². The maximum Gasteiger partial charge on any atom is 0.312 e. The lowest BCUT2D eigenvalue weighted by molar-refractivity contribution is -0.157. The summed E-state index contributed by atoms with van der Waals surface area (Å²) in [6.07, 6.45) is 3.96. The van der Waals surface area contributed by atoms with Crippen molar-refractivity contribution >= 4 is 40.8 Å². The number of cyclic esters (lactones) is 1. The Kier molecular flexibility index (Phi) is 9.05. The Hall–Kier alpha value is -4.90. The number of benzene rings is 1. The van der Waals surface area contributed by atoms with Gasteiger partial charge in [-0.1, -0.05) is 32.8 Å². The molecule has 2 aromatic heterocycles. The second kappa shape index (κ2) is 12.7. The van der Waals surface area contributed by atoms with Gasteiger partial charge in [0.1, 0.15) is 18.1 Å². The largest absolute Gasteiger partial charge is 0.458 e. The number of amides is 1. The summed E-state index contributed by atoms with van der Waals surface area (Å²) >= 11 is 0. The number of aromatic nitrogens is 4. The number of esters is 3. The number of carbonyl (C=O) groups excluding carboxylic acids is 4. The third-order valence-electron chi connectivity index (χ3n) is 8.41. The summed E-state index contributed by atoms with van der Waals surface area (Å²) in [6.45, 7) is 10.6. The van der Waals surface area contributed by atoms with E-state index in [1.54, 1.807) is 13.0 Å². The van der Waals surface area contributed by atoms with Gasteiger partial charge >= 0.3 is 24.0 Å². The van der Waals surface area contributed by atoms with Crippen molar-refractivity contribution in [3.63, 3.8) is 0 Å². The third kappa shape index (κ3) is 6.66. The molecule has 2 saturated heterocycles. The average Bonchev–Trinajstić information content (AvgIpc) is 3.68. The molecule has 14 heteroatoms. The Morgan fingerprint density at radius 1 is 1.26 bits per heavy atom. The lowest BCUT2D eigenvalue weighted by atomic mass is 9.78. The highest BCUT2D eigenvalue weighted by molar-refractivity contribution is 6.00. The van der Waals surface area contributed by atoms with E-state index in [9.17, 15) is 23.6 Å². The number of halogens is 1. The zero-order valence-electron chi connectivity index (χ0n) is 27.0. The van der Waals surface area contributed by atoms with Crippen molar-refractivity contribution in [1.29, 1.82) is 0 Å². The van der Waals surface area contributed by atoms with E-state index in [4.69, 9.17) is 25.4 Å². The van der Waals surface area contributed by atoms with E-state index in [1.807, 2.05) is 33.8 Å². The van der Waals surface area contributed by atoms with Gasteiger partial charge < -0.3 is 24.3 Å². The summed E-state index contributed by atoms with van der Waals surface area (Å²) in [6, 6.07) is 3.71. The molecule has 0 aliphatic carbocycles. The number of aryl methyl sites for hydroxylation is 2. The first-order chi connectivity index (χ1) is 22.2. The molecule has 2 aliphatic rings. The molecule has 248 valence electrons. The van der Waals surface area contributed by atoms with E-state index < -0.39 is 59.3 Å². The first kappa shape index (κ1) is 33.5. The van der Waals surface area contributed by atoms with Gasteiger partial charge in [-0.05, 0) is 37.5 Å². The highest BCUT2D eigenvalue weighted by Crippen LogP contribution is 2.43. The Morgan fingerprint density at radius 2 is 2.00 bits per heavy atom. The number of carbonyl (C=O) groups is 4. The van der Waals surface area contributed by atoms with Crippen molar-refractivity contribution < 1.29 is 42.5 Å². The van der Waals surface area contributed by atoms with Crippen molar-refractivity contribution in [2.24, 2.45) is 0 Å². The Morgan fingerprint density at radius 3 is 2.64 bits per heavy atom. The molecule has 0 saturated carbocycles. The van der Waals surface area contributed by atoms with Crippen LogP contribution in [0.3, 0.4) is 0 Å². The fourth-order valence-electron chi connectivity index (χ4n) is 6.37. The van der Waals surface area contributed by atoms with Crippen LogP contribution in [-0.2, 0) is 38.8 Å². The molecule has 1 N–H and O–H groups in total. The number of terminal acetylenes is 1. The van der Waals surface area contributed by atoms with Crippen molar-refractivity contribution in [2.75, 3.05) is 5.32 Å². The van der Waals surface area contributed by atoms with Crippen molar-refractivity contribution in [2.45, 2.75) is 103 Å². The summed E-state index contributed by atoms with van der Waals surface area (Å²) in [4.78, 5) is 61.3. The van der Waals surface area contributed by atoms with Crippen LogP contribution < -0.4 is 10.1 Å². The summed E-state index contributed by atoms with van der Waals surface area (Å²) in [5.74, 6) is 0.623. The minimum absolute atomic E-state index is 0.00389. The van der Waals surface area contributed by atoms with Crippen molar-refractivity contribution in [3.05, 3.63) is 41.2 Å². The fraction of sp³-hybridized carbons (Fsp3) is 0.485. The first-order valence-corrected chi connectivity index (χ1v) is 15.2. The number of nitrogens with one attached hydrogen (secondary N) is 1. The van der Waals surface area contributed by atoms with E-state index in [-0.39, 0.29) is 49.1 Å². The predicted molar refractivity (Wildman–Crippen MR) is 164 cm³/mol. The number of anilines is 1. The van der Waals surface area contributed by atoms with Gasteiger partial charge in [-0.25, -0.2) is 4.98 Å². The SMILES string of the molecule is C#C[C@]1(CC)O[C@@H](n2cnc3c(NC(=O)[C@H]4CCC(=O)O4)nc(F)nc32)C[C@@H]1OC(=O)CC(C)(C)c1c(C)cc(C)cc1OC(C)=O. The normalized spacial score (nSPS) is 22.5. The van der Waals surface area contributed by atoms with Gasteiger partial charge in [-0.2, -0.15) is 14.4 Å². The molecule has 1 aromatic carbocycles. The predicted octanol–water partition coefficient (Wildman–Crippen LogP) is 4.13. The molecule has 0 unspecified atom stereocenters. The quantitative estimate of drug-likeness (QED) is 0.154. The molecular formula is C33H36FN5O8. The highest BCUT2D eigenvalue weighted by Gasteiger charge is 2.50. The van der Waals surface area contributed by atoms with Crippen LogP contribution in [-0.4, -0.2) is 61.1 Å². The summed E-state index contributed by atoms with van der Waals surface area (Å²) in [7, 11) is 0. The minimum Gasteiger partial charge on any atom is -0.458 e. The van der Waals surface area contributed by atoms with Gasteiger partial charge in [0.05, 0.1) is 12.7 Å². The summed E-state index contributed by atoms with van der Waals surface area (Å²) in [5, 5.41) is 2.47. The van der Waals surface area contributed by atoms with Gasteiger partial charge in [-0.15, -0.1) is 6.42 Å². The van der Waals surface area contributed by atoms with Crippen LogP contribution in [0.15, 0.2) is 18.5 Å². The van der Waals surface area contributed by atoms with Gasteiger partial charge in [-0.3, -0.25) is 23.7 Å². The maximum atomic E-state index is 14.6. The fourth-order valence-corrected chi connectivity index (χ4v) is 6.37. The molecular weight excluding hydrogens is 613 g/mol. The third-order valence-corrected chi connectivity index (χ3v) is 8.41.